The van der Waals surface area contributed by atoms with E-state index in [1.54, 1.807) is 0 Å². The maximum Gasteiger partial charge on any atom is 0.229 e. The smallest absolute Gasteiger partial charge is 0.229 e. The highest BCUT2D eigenvalue weighted by Gasteiger charge is 2.29. The third-order valence-electron chi connectivity index (χ3n) is 3.69. The molecule has 0 spiro atoms. The Morgan fingerprint density at radius 2 is 2.06 bits per heavy atom. The van der Waals surface area contributed by atoms with Crippen molar-refractivity contribution in [1.82, 2.24) is 5.32 Å². The van der Waals surface area contributed by atoms with Gasteiger partial charge in [0.15, 0.2) is 0 Å². The van der Waals surface area contributed by atoms with Gasteiger partial charge in [-0.05, 0) is 30.0 Å². The lowest BCUT2D eigenvalue weighted by molar-refractivity contribution is -0.120. The Balaban J connectivity index is 2.11. The molecule has 2 atom stereocenters. The first-order valence-corrected chi connectivity index (χ1v) is 6.70. The van der Waals surface area contributed by atoms with Crippen molar-refractivity contribution in [3.05, 3.63) is 29.8 Å². The van der Waals surface area contributed by atoms with Gasteiger partial charge in [0, 0.05) is 12.2 Å². The van der Waals surface area contributed by atoms with Crippen molar-refractivity contribution in [3.63, 3.8) is 0 Å². The molecule has 0 bridgehead atoms. The second-order valence-electron chi connectivity index (χ2n) is 5.47. The van der Waals surface area contributed by atoms with Crippen LogP contribution in [-0.4, -0.2) is 19.0 Å². The quantitative estimate of drug-likeness (QED) is 0.860. The molecule has 18 heavy (non-hydrogen) atoms. The Bertz CT molecular complexity index is 428. The van der Waals surface area contributed by atoms with Gasteiger partial charge in [0.2, 0.25) is 5.91 Å². The molecule has 1 heterocycles. The van der Waals surface area contributed by atoms with Crippen LogP contribution < -0.4 is 10.6 Å². The van der Waals surface area contributed by atoms with E-state index in [1.807, 2.05) is 18.2 Å². The van der Waals surface area contributed by atoms with Crippen LogP contribution in [0.2, 0.25) is 0 Å². The van der Waals surface area contributed by atoms with Crippen molar-refractivity contribution in [1.29, 1.82) is 0 Å². The molecule has 2 N–H and O–H groups in total. The minimum atomic E-state index is 0.0882. The largest absolute Gasteiger partial charge is 0.326 e. The zero-order chi connectivity index (χ0) is 13.1. The number of carbonyl (C=O) groups excluding carboxylic acids is 1. The monoisotopic (exact) mass is 246 g/mol. The van der Waals surface area contributed by atoms with E-state index >= 15 is 0 Å². The van der Waals surface area contributed by atoms with Crippen molar-refractivity contribution >= 4 is 11.6 Å². The lowest BCUT2D eigenvalue weighted by atomic mass is 9.96. The maximum atomic E-state index is 12.2. The minimum Gasteiger partial charge on any atom is -0.326 e. The molecule has 98 valence electrons. The second-order valence-corrected chi connectivity index (χ2v) is 5.47. The third-order valence-corrected chi connectivity index (χ3v) is 3.69. The molecule has 2 rings (SSSR count). The van der Waals surface area contributed by atoms with Crippen LogP contribution in [-0.2, 0) is 4.79 Å². The molecule has 1 aliphatic rings. The molecule has 3 heteroatoms. The predicted octanol–water partition coefficient (Wildman–Crippen LogP) is 2.60. The van der Waals surface area contributed by atoms with Gasteiger partial charge < -0.3 is 10.6 Å². The molecule has 0 aromatic heterocycles. The summed E-state index contributed by atoms with van der Waals surface area (Å²) in [7, 11) is 0. The van der Waals surface area contributed by atoms with Gasteiger partial charge in [0.1, 0.15) is 0 Å². The van der Waals surface area contributed by atoms with Crippen molar-refractivity contribution in [3.8, 4) is 0 Å². The second kappa shape index (κ2) is 5.53. The summed E-state index contributed by atoms with van der Waals surface area (Å²) in [5, 5.41) is 6.35. The predicted molar refractivity (Wildman–Crippen MR) is 74.7 cm³/mol. The lowest BCUT2D eigenvalue weighted by Crippen LogP contribution is -2.28. The number of rotatable bonds is 3. The van der Waals surface area contributed by atoms with Crippen molar-refractivity contribution < 1.29 is 4.79 Å². The molecular formula is C15H22N2O. The van der Waals surface area contributed by atoms with E-state index in [2.05, 4.69) is 37.5 Å². The highest BCUT2D eigenvalue weighted by molar-refractivity contribution is 5.93. The molecule has 0 unspecified atom stereocenters. The molecule has 3 nitrogen and oxygen atoms in total. The number of amides is 1. The Morgan fingerprint density at radius 3 is 2.67 bits per heavy atom. The van der Waals surface area contributed by atoms with E-state index in [9.17, 15) is 4.79 Å². The summed E-state index contributed by atoms with van der Waals surface area (Å²) >= 11 is 0. The zero-order valence-corrected chi connectivity index (χ0v) is 11.4. The SMILES string of the molecule is CC(C)c1ccccc1NC(=O)[C@@H]1CNC[C@H]1C. The molecule has 1 aliphatic heterocycles. The summed E-state index contributed by atoms with van der Waals surface area (Å²) in [6.45, 7) is 8.13. The van der Waals surface area contributed by atoms with Gasteiger partial charge in [-0.1, -0.05) is 39.0 Å². The van der Waals surface area contributed by atoms with Crippen LogP contribution in [0.25, 0.3) is 0 Å². The van der Waals surface area contributed by atoms with Crippen LogP contribution in [0.15, 0.2) is 24.3 Å². The highest BCUT2D eigenvalue weighted by Crippen LogP contribution is 2.25. The van der Waals surface area contributed by atoms with Gasteiger partial charge in [-0.2, -0.15) is 0 Å². The normalized spacial score (nSPS) is 23.3. The summed E-state index contributed by atoms with van der Waals surface area (Å²) in [6.07, 6.45) is 0. The Morgan fingerprint density at radius 1 is 1.33 bits per heavy atom. The van der Waals surface area contributed by atoms with Crippen molar-refractivity contribution in [2.24, 2.45) is 11.8 Å². The van der Waals surface area contributed by atoms with E-state index in [0.717, 1.165) is 18.8 Å². The Kier molecular flexibility index (Phi) is 4.02. The number of nitrogens with one attached hydrogen (secondary N) is 2. The highest BCUT2D eigenvalue weighted by atomic mass is 16.1. The van der Waals surface area contributed by atoms with E-state index in [4.69, 9.17) is 0 Å². The number of hydrogen-bond donors (Lipinski definition) is 2. The molecule has 1 amide bonds. The topological polar surface area (TPSA) is 41.1 Å². The number of benzene rings is 1. The molecule has 1 fully saturated rings. The summed E-state index contributed by atoms with van der Waals surface area (Å²) in [5.41, 5.74) is 2.15. The van der Waals surface area contributed by atoms with Gasteiger partial charge in [-0.25, -0.2) is 0 Å². The van der Waals surface area contributed by atoms with Crippen LogP contribution in [0, 0.1) is 11.8 Å². The minimum absolute atomic E-state index is 0.0882. The fourth-order valence-electron chi connectivity index (χ4n) is 2.50. The van der Waals surface area contributed by atoms with Gasteiger partial charge in [0.05, 0.1) is 5.92 Å². The number of hydrogen-bond acceptors (Lipinski definition) is 2. The van der Waals surface area contributed by atoms with Crippen LogP contribution in [0.3, 0.4) is 0 Å². The summed E-state index contributed by atoms with van der Waals surface area (Å²) in [4.78, 5) is 12.2. The molecule has 1 saturated heterocycles. The maximum absolute atomic E-state index is 12.2. The number of carbonyl (C=O) groups is 1. The van der Waals surface area contributed by atoms with Crippen LogP contribution in [0.4, 0.5) is 5.69 Å². The molecular weight excluding hydrogens is 224 g/mol. The third kappa shape index (κ3) is 2.72. The molecule has 1 aromatic carbocycles. The van der Waals surface area contributed by atoms with Crippen LogP contribution in [0.5, 0.6) is 0 Å². The lowest BCUT2D eigenvalue weighted by Gasteiger charge is -2.17. The van der Waals surface area contributed by atoms with Crippen LogP contribution in [0.1, 0.15) is 32.3 Å². The first-order chi connectivity index (χ1) is 8.59. The first-order valence-electron chi connectivity index (χ1n) is 6.70. The molecule has 0 aliphatic carbocycles. The average Bonchev–Trinajstić information content (AvgIpc) is 2.76. The van der Waals surface area contributed by atoms with Gasteiger partial charge in [-0.3, -0.25) is 4.79 Å². The number of anilines is 1. The van der Waals surface area contributed by atoms with Gasteiger partial charge in [-0.15, -0.1) is 0 Å². The molecule has 0 saturated carbocycles. The van der Waals surface area contributed by atoms with Gasteiger partial charge in [0.25, 0.3) is 0 Å². The molecule has 1 aromatic rings. The van der Waals surface area contributed by atoms with Crippen molar-refractivity contribution in [2.45, 2.75) is 26.7 Å². The Hall–Kier alpha value is -1.35. The fourth-order valence-corrected chi connectivity index (χ4v) is 2.50. The summed E-state index contributed by atoms with van der Waals surface area (Å²) < 4.78 is 0. The van der Waals surface area contributed by atoms with Crippen molar-refractivity contribution in [2.75, 3.05) is 18.4 Å². The van der Waals surface area contributed by atoms with E-state index < -0.39 is 0 Å². The van der Waals surface area contributed by atoms with Crippen LogP contribution >= 0.6 is 0 Å². The fraction of sp³-hybridized carbons (Fsp3) is 0.533. The molecule has 0 radical (unpaired) electrons. The standard InChI is InChI=1S/C15H22N2O/c1-10(2)12-6-4-5-7-14(12)17-15(18)13-9-16-8-11(13)3/h4-7,10-11,13,16H,8-9H2,1-3H3,(H,17,18)/t11-,13-/m1/s1. The summed E-state index contributed by atoms with van der Waals surface area (Å²) in [5.74, 6) is 1.06. The Labute approximate surface area is 109 Å². The van der Waals surface area contributed by atoms with E-state index in [-0.39, 0.29) is 11.8 Å². The van der Waals surface area contributed by atoms with E-state index in [1.165, 1.54) is 5.56 Å². The average molecular weight is 246 g/mol. The first kappa shape index (κ1) is 13.1. The van der Waals surface area contributed by atoms with E-state index in [0.29, 0.717) is 11.8 Å². The number of para-hydroxylation sites is 1. The zero-order valence-electron chi connectivity index (χ0n) is 11.4. The summed E-state index contributed by atoms with van der Waals surface area (Å²) in [6, 6.07) is 8.06. The van der Waals surface area contributed by atoms with Gasteiger partial charge >= 0.3 is 0 Å².